The largest absolute Gasteiger partial charge is 0.342 e. The molecular formula is C23H36Cl2N4O2. The van der Waals surface area contributed by atoms with Gasteiger partial charge in [0.05, 0.1) is 12.6 Å². The van der Waals surface area contributed by atoms with Gasteiger partial charge in [-0.05, 0) is 58.1 Å². The predicted molar refractivity (Wildman–Crippen MR) is 128 cm³/mol. The third kappa shape index (κ3) is 5.36. The maximum Gasteiger partial charge on any atom is 0.237 e. The SMILES string of the molecule is Cc1ccccc1[C@H]1[C@@H]2CN(C(=O)C3CCNCC3)C[C@@H]2CN1C(=O)CN(C)C.Cl.Cl. The number of likely N-dealkylation sites (N-methyl/N-ethyl adjacent to an activating group) is 1. The summed E-state index contributed by atoms with van der Waals surface area (Å²) in [7, 11) is 3.88. The summed E-state index contributed by atoms with van der Waals surface area (Å²) in [6, 6.07) is 8.48. The van der Waals surface area contributed by atoms with Crippen molar-refractivity contribution in [3.05, 3.63) is 35.4 Å². The van der Waals surface area contributed by atoms with Gasteiger partial charge in [0.2, 0.25) is 11.8 Å². The molecule has 31 heavy (non-hydrogen) atoms. The number of nitrogens with one attached hydrogen (secondary N) is 1. The normalized spacial score (nSPS) is 25.7. The van der Waals surface area contributed by atoms with Gasteiger partial charge in [0.15, 0.2) is 0 Å². The molecule has 3 atom stereocenters. The third-order valence-corrected chi connectivity index (χ3v) is 6.94. The van der Waals surface area contributed by atoms with Crippen molar-refractivity contribution in [2.75, 3.05) is 53.4 Å². The Morgan fingerprint density at radius 3 is 2.39 bits per heavy atom. The van der Waals surface area contributed by atoms with Gasteiger partial charge in [-0.2, -0.15) is 0 Å². The Balaban J connectivity index is 0.00000171. The van der Waals surface area contributed by atoms with Crippen LogP contribution in [0.4, 0.5) is 0 Å². The zero-order valence-electron chi connectivity index (χ0n) is 18.8. The molecule has 0 aromatic heterocycles. The second-order valence-electron chi connectivity index (χ2n) is 9.28. The van der Waals surface area contributed by atoms with Crippen LogP contribution < -0.4 is 5.32 Å². The highest BCUT2D eigenvalue weighted by Crippen LogP contribution is 2.46. The number of hydrogen-bond acceptors (Lipinski definition) is 4. The molecule has 3 saturated heterocycles. The monoisotopic (exact) mass is 470 g/mol. The zero-order valence-corrected chi connectivity index (χ0v) is 20.4. The van der Waals surface area contributed by atoms with Gasteiger partial charge in [0, 0.05) is 37.4 Å². The third-order valence-electron chi connectivity index (χ3n) is 6.94. The molecule has 1 aromatic carbocycles. The first kappa shape index (κ1) is 25.9. The van der Waals surface area contributed by atoms with Gasteiger partial charge in [-0.1, -0.05) is 24.3 Å². The summed E-state index contributed by atoms with van der Waals surface area (Å²) in [5.74, 6) is 1.38. The lowest BCUT2D eigenvalue weighted by molar-refractivity contribution is -0.136. The average Bonchev–Trinajstić information content (AvgIpc) is 3.26. The van der Waals surface area contributed by atoms with Crippen molar-refractivity contribution in [1.29, 1.82) is 0 Å². The number of fused-ring (bicyclic) bond motifs is 1. The Hall–Kier alpha value is -1.34. The van der Waals surface area contributed by atoms with Crippen LogP contribution in [0.3, 0.4) is 0 Å². The van der Waals surface area contributed by atoms with Crippen LogP contribution >= 0.6 is 24.8 Å². The second kappa shape index (κ2) is 11.0. The molecule has 3 aliphatic heterocycles. The number of piperidine rings is 1. The summed E-state index contributed by atoms with van der Waals surface area (Å²) in [6.07, 6.45) is 1.89. The van der Waals surface area contributed by atoms with Gasteiger partial charge in [-0.15, -0.1) is 24.8 Å². The fourth-order valence-electron chi connectivity index (χ4n) is 5.49. The number of carbonyl (C=O) groups is 2. The highest BCUT2D eigenvalue weighted by Gasteiger charge is 2.50. The molecule has 1 N–H and O–H groups in total. The van der Waals surface area contributed by atoms with Gasteiger partial charge in [-0.25, -0.2) is 0 Å². The van der Waals surface area contributed by atoms with E-state index in [2.05, 4.69) is 46.3 Å². The molecule has 3 heterocycles. The highest BCUT2D eigenvalue weighted by molar-refractivity contribution is 5.85. The van der Waals surface area contributed by atoms with E-state index >= 15 is 0 Å². The van der Waals surface area contributed by atoms with E-state index in [4.69, 9.17) is 0 Å². The molecule has 0 bridgehead atoms. The van der Waals surface area contributed by atoms with Crippen LogP contribution in [0.25, 0.3) is 0 Å². The van der Waals surface area contributed by atoms with E-state index in [1.54, 1.807) is 0 Å². The Bertz CT molecular complexity index is 770. The molecule has 0 spiro atoms. The second-order valence-corrected chi connectivity index (χ2v) is 9.28. The maximum absolute atomic E-state index is 13.1. The zero-order chi connectivity index (χ0) is 20.5. The number of halogens is 2. The van der Waals surface area contributed by atoms with Gasteiger partial charge in [-0.3, -0.25) is 9.59 Å². The van der Waals surface area contributed by atoms with E-state index < -0.39 is 0 Å². The first-order valence-corrected chi connectivity index (χ1v) is 10.9. The number of carbonyl (C=O) groups excluding carboxylic acids is 2. The van der Waals surface area contributed by atoms with Crippen LogP contribution in [0.2, 0.25) is 0 Å². The molecule has 3 aliphatic rings. The van der Waals surface area contributed by atoms with Crippen molar-refractivity contribution in [2.24, 2.45) is 17.8 Å². The topological polar surface area (TPSA) is 55.9 Å². The van der Waals surface area contributed by atoms with E-state index in [1.165, 1.54) is 11.1 Å². The van der Waals surface area contributed by atoms with Crippen LogP contribution in [-0.4, -0.2) is 79.9 Å². The van der Waals surface area contributed by atoms with Crippen LogP contribution in [-0.2, 0) is 9.59 Å². The van der Waals surface area contributed by atoms with Crippen LogP contribution in [0, 0.1) is 24.7 Å². The number of nitrogens with zero attached hydrogens (tertiary/aromatic N) is 3. The lowest BCUT2D eigenvalue weighted by atomic mass is 9.87. The molecule has 4 rings (SSSR count). The van der Waals surface area contributed by atoms with Crippen LogP contribution in [0.5, 0.6) is 0 Å². The molecule has 0 saturated carbocycles. The molecule has 3 fully saturated rings. The minimum Gasteiger partial charge on any atom is -0.342 e. The molecule has 0 unspecified atom stereocenters. The number of benzene rings is 1. The Morgan fingerprint density at radius 2 is 1.74 bits per heavy atom. The molecule has 6 nitrogen and oxygen atoms in total. The molecule has 2 amide bonds. The number of amides is 2. The van der Waals surface area contributed by atoms with Crippen molar-refractivity contribution in [1.82, 2.24) is 20.0 Å². The summed E-state index contributed by atoms with van der Waals surface area (Å²) >= 11 is 0. The summed E-state index contributed by atoms with van der Waals surface area (Å²) in [5.41, 5.74) is 2.47. The quantitative estimate of drug-likeness (QED) is 0.733. The van der Waals surface area contributed by atoms with Crippen molar-refractivity contribution >= 4 is 36.6 Å². The number of hydrogen-bond donors (Lipinski definition) is 1. The number of aryl methyl sites for hydroxylation is 1. The smallest absolute Gasteiger partial charge is 0.237 e. The van der Waals surface area contributed by atoms with E-state index in [-0.39, 0.29) is 42.7 Å². The van der Waals surface area contributed by atoms with Gasteiger partial charge in [0.25, 0.3) is 0 Å². The molecular weight excluding hydrogens is 435 g/mol. The standard InChI is InChI=1S/C23H34N4O2.2ClH/c1-16-6-4-5-7-19(16)22-20-14-26(23(29)17-8-10-24-11-9-17)12-18(20)13-27(22)21(28)15-25(2)3;;/h4-7,17-18,20,22,24H,8-15H2,1-3H3;2*1H/t18-,20-,22+;;/m1../s1. The summed E-state index contributed by atoms with van der Waals surface area (Å²) in [4.78, 5) is 32.3. The minimum atomic E-state index is 0. The fraction of sp³-hybridized carbons (Fsp3) is 0.652. The number of rotatable bonds is 4. The van der Waals surface area contributed by atoms with Crippen molar-refractivity contribution in [2.45, 2.75) is 25.8 Å². The van der Waals surface area contributed by atoms with E-state index in [9.17, 15) is 9.59 Å². The van der Waals surface area contributed by atoms with Crippen molar-refractivity contribution in [3.63, 3.8) is 0 Å². The maximum atomic E-state index is 13.1. The van der Waals surface area contributed by atoms with Crippen LogP contribution in [0.15, 0.2) is 24.3 Å². The molecule has 174 valence electrons. The summed E-state index contributed by atoms with van der Waals surface area (Å²) in [6.45, 7) is 6.77. The van der Waals surface area contributed by atoms with Gasteiger partial charge in [0.1, 0.15) is 0 Å². The lowest BCUT2D eigenvalue weighted by Gasteiger charge is -2.33. The molecule has 0 radical (unpaired) electrons. The van der Waals surface area contributed by atoms with Crippen molar-refractivity contribution < 1.29 is 9.59 Å². The first-order chi connectivity index (χ1) is 14.0. The molecule has 0 aliphatic carbocycles. The minimum absolute atomic E-state index is 0. The predicted octanol–water partition coefficient (Wildman–Crippen LogP) is 2.36. The van der Waals surface area contributed by atoms with E-state index in [0.29, 0.717) is 24.3 Å². The van der Waals surface area contributed by atoms with Crippen LogP contribution in [0.1, 0.15) is 30.0 Å². The fourth-order valence-corrected chi connectivity index (χ4v) is 5.49. The highest BCUT2D eigenvalue weighted by atomic mass is 35.5. The molecule has 8 heteroatoms. The lowest BCUT2D eigenvalue weighted by Crippen LogP contribution is -2.43. The number of likely N-dealkylation sites (tertiary alicyclic amines) is 2. The Labute approximate surface area is 198 Å². The average molecular weight is 471 g/mol. The summed E-state index contributed by atoms with van der Waals surface area (Å²) in [5, 5.41) is 3.35. The van der Waals surface area contributed by atoms with Gasteiger partial charge >= 0.3 is 0 Å². The van der Waals surface area contributed by atoms with Gasteiger partial charge < -0.3 is 20.0 Å². The van der Waals surface area contributed by atoms with Crippen molar-refractivity contribution in [3.8, 4) is 0 Å². The first-order valence-electron chi connectivity index (χ1n) is 10.9. The molecule has 1 aromatic rings. The van der Waals surface area contributed by atoms with E-state index in [1.807, 2.05) is 19.0 Å². The summed E-state index contributed by atoms with van der Waals surface area (Å²) < 4.78 is 0. The van der Waals surface area contributed by atoms with E-state index in [0.717, 1.165) is 45.6 Å². The Morgan fingerprint density at radius 1 is 1.06 bits per heavy atom. The Kier molecular flexibility index (Phi) is 9.19.